The van der Waals surface area contributed by atoms with Crippen molar-refractivity contribution in [2.75, 3.05) is 13.1 Å². The summed E-state index contributed by atoms with van der Waals surface area (Å²) in [4.78, 5) is 46.6. The number of fused-ring (bicyclic) bond motifs is 2. The van der Waals surface area contributed by atoms with Crippen molar-refractivity contribution in [1.29, 1.82) is 0 Å². The number of carbonyl (C=O) groups excluding carboxylic acids is 2. The summed E-state index contributed by atoms with van der Waals surface area (Å²) in [6, 6.07) is 14.3. The van der Waals surface area contributed by atoms with Gasteiger partial charge in [-0.25, -0.2) is 0 Å². The maximum absolute atomic E-state index is 12.2. The van der Waals surface area contributed by atoms with E-state index >= 15 is 0 Å². The molecular weight excluding hydrogens is 504 g/mol. The molecule has 0 N–H and O–H groups in total. The highest BCUT2D eigenvalue weighted by atomic mass is 33.1. The molecule has 10 nitrogen and oxygen atoms in total. The third-order valence-electron chi connectivity index (χ3n) is 5.78. The van der Waals surface area contributed by atoms with Crippen LogP contribution in [0.4, 0.5) is 0 Å². The number of hydrogen-bond donors (Lipinski definition) is 0. The first-order valence-electron chi connectivity index (χ1n) is 10.9. The number of hydrogen-bond acceptors (Lipinski definition) is 8. The Labute approximate surface area is 213 Å². The molecule has 2 heterocycles. The number of rotatable bonds is 9. The minimum absolute atomic E-state index is 0.224. The monoisotopic (exact) mass is 526 g/mol. The molecule has 0 spiro atoms. The first kappa shape index (κ1) is 25.5. The third kappa shape index (κ3) is 5.14. The molecule has 186 valence electrons. The normalized spacial score (nSPS) is 13.1. The van der Waals surface area contributed by atoms with Crippen molar-refractivity contribution in [3.63, 3.8) is 0 Å². The smallest absolute Gasteiger partial charge is 0.227 e. The van der Waals surface area contributed by atoms with Gasteiger partial charge in [0.1, 0.15) is 10.5 Å². The Kier molecular flexibility index (Phi) is 7.45. The highest BCUT2D eigenvalue weighted by molar-refractivity contribution is 8.76. The molecule has 2 aromatic heterocycles. The summed E-state index contributed by atoms with van der Waals surface area (Å²) in [5.41, 5.74) is 2.51. The van der Waals surface area contributed by atoms with E-state index in [0.717, 1.165) is 0 Å². The number of nitrogens with zero attached hydrogens (tertiary/aromatic N) is 4. The van der Waals surface area contributed by atoms with Crippen LogP contribution in [0.2, 0.25) is 0 Å². The molecule has 0 aliphatic heterocycles. The Bertz CT molecular complexity index is 1380. The Hall–Kier alpha value is -3.64. The summed E-state index contributed by atoms with van der Waals surface area (Å²) in [6.07, 6.45) is 3.22. The number of nitro groups is 2. The summed E-state index contributed by atoms with van der Waals surface area (Å²) in [5, 5.41) is 23.2. The lowest BCUT2D eigenvalue weighted by atomic mass is 10.1. The lowest BCUT2D eigenvalue weighted by Crippen LogP contribution is -2.12. The van der Waals surface area contributed by atoms with Gasteiger partial charge >= 0.3 is 0 Å². The lowest BCUT2D eigenvalue weighted by molar-refractivity contribution is -0.479. The van der Waals surface area contributed by atoms with Gasteiger partial charge in [0, 0.05) is 46.9 Å². The van der Waals surface area contributed by atoms with Crippen molar-refractivity contribution in [1.82, 2.24) is 9.13 Å². The molecule has 0 saturated carbocycles. The van der Waals surface area contributed by atoms with Gasteiger partial charge < -0.3 is 0 Å². The molecule has 0 amide bonds. The van der Waals surface area contributed by atoms with Gasteiger partial charge in [0.25, 0.3) is 0 Å². The molecular formula is C24H22N4O6S2. The zero-order valence-corrected chi connectivity index (χ0v) is 21.0. The van der Waals surface area contributed by atoms with Crippen LogP contribution < -0.4 is 0 Å². The first-order valence-corrected chi connectivity index (χ1v) is 13.2. The van der Waals surface area contributed by atoms with E-state index in [-0.39, 0.29) is 11.8 Å². The summed E-state index contributed by atoms with van der Waals surface area (Å²) < 4.78 is 2.91. The fraction of sp³-hybridized carbons (Fsp3) is 0.250. The maximum atomic E-state index is 12.2. The molecule has 0 saturated heterocycles. The molecule has 0 radical (unpaired) electrons. The maximum Gasteiger partial charge on any atom is 0.227 e. The molecule has 12 heteroatoms. The summed E-state index contributed by atoms with van der Waals surface area (Å²) in [7, 11) is 2.33. The SMILES string of the molecule is CC(=O)n1cc([C@H](C[N+](=O)[O-])SS[C@@H](C[N+](=O)[O-])c2cn(C(C)=O)c3ccccc23)c2ccccc21. The zero-order chi connectivity index (χ0) is 26.0. The van der Waals surface area contributed by atoms with E-state index in [1.807, 2.05) is 0 Å². The third-order valence-corrected chi connectivity index (χ3v) is 8.88. The van der Waals surface area contributed by atoms with E-state index < -0.39 is 33.4 Å². The summed E-state index contributed by atoms with van der Waals surface area (Å²) in [5.74, 6) is -0.448. The fourth-order valence-corrected chi connectivity index (χ4v) is 7.22. The summed E-state index contributed by atoms with van der Waals surface area (Å²) in [6.45, 7) is 1.98. The number of benzene rings is 2. The Morgan fingerprint density at radius 2 is 1.11 bits per heavy atom. The van der Waals surface area contributed by atoms with Crippen LogP contribution in [0.1, 0.15) is 45.1 Å². The van der Waals surface area contributed by atoms with E-state index in [1.165, 1.54) is 44.6 Å². The minimum Gasteiger partial charge on any atom is -0.287 e. The molecule has 4 aromatic rings. The molecule has 36 heavy (non-hydrogen) atoms. The van der Waals surface area contributed by atoms with Crippen LogP contribution in [-0.2, 0) is 0 Å². The molecule has 0 unspecified atom stereocenters. The van der Waals surface area contributed by atoms with Crippen molar-refractivity contribution in [3.8, 4) is 0 Å². The largest absolute Gasteiger partial charge is 0.287 e. The predicted molar refractivity (Wildman–Crippen MR) is 141 cm³/mol. The quantitative estimate of drug-likeness (QED) is 0.156. The summed E-state index contributed by atoms with van der Waals surface area (Å²) >= 11 is 0. The van der Waals surface area contributed by atoms with Crippen molar-refractivity contribution in [2.45, 2.75) is 24.3 Å². The Morgan fingerprint density at radius 1 is 0.750 bits per heavy atom. The highest BCUT2D eigenvalue weighted by Gasteiger charge is 2.30. The van der Waals surface area contributed by atoms with Crippen LogP contribution in [-0.4, -0.2) is 43.9 Å². The van der Waals surface area contributed by atoms with E-state index in [0.29, 0.717) is 32.9 Å². The standard InChI is InChI=1S/C24H22N4O6S2/c1-15(29)25-11-19(17-7-3-5-9-21(17)25)23(13-27(31)32)35-36-24(14-28(33)34)20-12-26(16(2)30)22-10-6-4-8-18(20)22/h3-12,23-24H,13-14H2,1-2H3/t23-,24-/m0/s1. The molecule has 2 aromatic carbocycles. The molecule has 0 aliphatic carbocycles. The first-order chi connectivity index (χ1) is 17.2. The average Bonchev–Trinajstić information content (AvgIpc) is 3.40. The number of aromatic nitrogens is 2. The van der Waals surface area contributed by atoms with Gasteiger partial charge in [-0.1, -0.05) is 58.0 Å². The van der Waals surface area contributed by atoms with Crippen LogP contribution in [0.5, 0.6) is 0 Å². The predicted octanol–water partition coefficient (Wildman–Crippen LogP) is 5.63. The van der Waals surface area contributed by atoms with Gasteiger partial charge in [0.15, 0.2) is 0 Å². The Morgan fingerprint density at radius 3 is 1.44 bits per heavy atom. The molecule has 2 atom stereocenters. The van der Waals surface area contributed by atoms with E-state index in [9.17, 15) is 29.8 Å². The van der Waals surface area contributed by atoms with E-state index in [4.69, 9.17) is 0 Å². The number of para-hydroxylation sites is 2. The van der Waals surface area contributed by atoms with Crippen molar-refractivity contribution < 1.29 is 19.4 Å². The zero-order valence-electron chi connectivity index (χ0n) is 19.4. The lowest BCUT2D eigenvalue weighted by Gasteiger charge is -2.16. The van der Waals surface area contributed by atoms with Crippen LogP contribution in [0.25, 0.3) is 21.8 Å². The fourth-order valence-electron chi connectivity index (χ4n) is 4.21. The highest BCUT2D eigenvalue weighted by Crippen LogP contribution is 2.49. The van der Waals surface area contributed by atoms with Crippen LogP contribution in [0, 0.1) is 20.2 Å². The molecule has 0 bridgehead atoms. The van der Waals surface area contributed by atoms with E-state index in [2.05, 4.69) is 0 Å². The average molecular weight is 527 g/mol. The molecule has 4 rings (SSSR count). The van der Waals surface area contributed by atoms with Crippen LogP contribution in [0.3, 0.4) is 0 Å². The van der Waals surface area contributed by atoms with Gasteiger partial charge in [-0.15, -0.1) is 0 Å². The minimum atomic E-state index is -0.675. The second-order valence-electron chi connectivity index (χ2n) is 8.18. The second kappa shape index (κ2) is 10.5. The van der Waals surface area contributed by atoms with Gasteiger partial charge in [-0.3, -0.25) is 39.0 Å². The van der Waals surface area contributed by atoms with Gasteiger partial charge in [-0.05, 0) is 23.3 Å². The van der Waals surface area contributed by atoms with Gasteiger partial charge in [0.05, 0.1) is 11.0 Å². The van der Waals surface area contributed by atoms with Crippen molar-refractivity contribution in [2.24, 2.45) is 0 Å². The second-order valence-corrected chi connectivity index (χ2v) is 10.9. The Balaban J connectivity index is 1.73. The van der Waals surface area contributed by atoms with Gasteiger partial charge in [0.2, 0.25) is 24.9 Å². The van der Waals surface area contributed by atoms with Crippen molar-refractivity contribution in [3.05, 3.63) is 92.3 Å². The molecule has 0 fully saturated rings. The van der Waals surface area contributed by atoms with Crippen LogP contribution in [0.15, 0.2) is 60.9 Å². The number of carbonyl (C=O) groups is 2. The van der Waals surface area contributed by atoms with E-state index in [1.54, 1.807) is 60.9 Å². The van der Waals surface area contributed by atoms with Crippen molar-refractivity contribution >= 4 is 55.2 Å². The van der Waals surface area contributed by atoms with Crippen LogP contribution >= 0.6 is 21.6 Å². The molecule has 0 aliphatic rings. The van der Waals surface area contributed by atoms with Gasteiger partial charge in [-0.2, -0.15) is 0 Å². The topological polar surface area (TPSA) is 130 Å².